The number of ether oxygens (including phenoxy) is 2. The number of hydrogen-bond acceptors (Lipinski definition) is 6. The molecule has 0 spiro atoms. The molecule has 1 aromatic rings. The van der Waals surface area contributed by atoms with Crippen LogP contribution in [0.4, 0.5) is 5.00 Å². The van der Waals surface area contributed by atoms with Crippen LogP contribution in [0, 0.1) is 11.3 Å². The normalized spacial score (nSPS) is 16.7. The summed E-state index contributed by atoms with van der Waals surface area (Å²) in [5, 5.41) is 3.19. The summed E-state index contributed by atoms with van der Waals surface area (Å²) in [6.07, 6.45) is 4.83. The highest BCUT2D eigenvalue weighted by molar-refractivity contribution is 7.17. The molecule has 1 aromatic heterocycles. The third kappa shape index (κ3) is 5.19. The minimum absolute atomic E-state index is 0.179. The number of nitrogens with one attached hydrogen (secondary N) is 1. The molecule has 6 nitrogen and oxygen atoms in total. The molecule has 0 aliphatic heterocycles. The van der Waals surface area contributed by atoms with Gasteiger partial charge >= 0.3 is 11.9 Å². The average Bonchev–Trinajstić information content (AvgIpc) is 2.95. The van der Waals surface area contributed by atoms with Crippen LogP contribution in [0.15, 0.2) is 12.2 Å². The molecule has 0 fully saturated rings. The number of methoxy groups -OCH3 is 1. The van der Waals surface area contributed by atoms with Gasteiger partial charge in [0.25, 0.3) is 0 Å². The third-order valence-electron chi connectivity index (χ3n) is 4.77. The summed E-state index contributed by atoms with van der Waals surface area (Å²) in [5.74, 6) is -1.01. The standard InChI is InChI=1S/C20H27NO5S/c1-6-26-16(23)10-9-15(22)21-18-17(19(24)25-5)13-8-7-12(20(2,3)4)11-14(13)27-18/h9-10,12H,6-8,11H2,1-5H3,(H,21,22)/b10-9+. The van der Waals surface area contributed by atoms with Crippen LogP contribution in [-0.2, 0) is 31.9 Å². The Kier molecular flexibility index (Phi) is 6.81. The fourth-order valence-electron chi connectivity index (χ4n) is 3.22. The number of esters is 2. The molecule has 7 heteroatoms. The minimum Gasteiger partial charge on any atom is -0.465 e. The summed E-state index contributed by atoms with van der Waals surface area (Å²) in [7, 11) is 1.33. The molecule has 1 unspecified atom stereocenters. The Hall–Kier alpha value is -2.15. The number of hydrogen-bond donors (Lipinski definition) is 1. The van der Waals surface area contributed by atoms with Crippen molar-refractivity contribution in [1.82, 2.24) is 0 Å². The number of rotatable bonds is 5. The lowest BCUT2D eigenvalue weighted by molar-refractivity contribution is -0.137. The first-order valence-electron chi connectivity index (χ1n) is 9.06. The maximum absolute atomic E-state index is 12.3. The first kappa shape index (κ1) is 21.2. The first-order valence-corrected chi connectivity index (χ1v) is 9.87. The maximum atomic E-state index is 12.3. The SMILES string of the molecule is CCOC(=O)/C=C/C(=O)Nc1sc2c(c1C(=O)OC)CCC(C(C)(C)C)C2. The van der Waals surface area contributed by atoms with Gasteiger partial charge in [0.1, 0.15) is 5.00 Å². The Morgan fingerprint density at radius 3 is 2.56 bits per heavy atom. The second-order valence-electron chi connectivity index (χ2n) is 7.58. The predicted octanol–water partition coefficient (Wildman–Crippen LogP) is 3.74. The molecule has 27 heavy (non-hydrogen) atoms. The van der Waals surface area contributed by atoms with E-state index < -0.39 is 17.8 Å². The van der Waals surface area contributed by atoms with Gasteiger partial charge in [0.15, 0.2) is 0 Å². The molecule has 2 rings (SSSR count). The van der Waals surface area contributed by atoms with E-state index in [0.717, 1.165) is 41.9 Å². The van der Waals surface area contributed by atoms with E-state index in [2.05, 4.69) is 26.1 Å². The lowest BCUT2D eigenvalue weighted by Gasteiger charge is -2.33. The molecule has 0 saturated heterocycles. The van der Waals surface area contributed by atoms with Crippen molar-refractivity contribution >= 4 is 34.2 Å². The molecule has 1 aliphatic rings. The van der Waals surface area contributed by atoms with E-state index in [4.69, 9.17) is 9.47 Å². The van der Waals surface area contributed by atoms with Crippen LogP contribution in [0.2, 0.25) is 0 Å². The van der Waals surface area contributed by atoms with Gasteiger partial charge in [-0.05, 0) is 43.1 Å². The van der Waals surface area contributed by atoms with Crippen LogP contribution in [0.3, 0.4) is 0 Å². The van der Waals surface area contributed by atoms with Crippen molar-refractivity contribution in [2.24, 2.45) is 11.3 Å². The van der Waals surface area contributed by atoms with Gasteiger partial charge in [0, 0.05) is 17.0 Å². The summed E-state index contributed by atoms with van der Waals surface area (Å²) in [5.41, 5.74) is 1.58. The lowest BCUT2D eigenvalue weighted by atomic mass is 9.72. The van der Waals surface area contributed by atoms with Crippen LogP contribution in [-0.4, -0.2) is 31.6 Å². The van der Waals surface area contributed by atoms with Crippen LogP contribution in [0.25, 0.3) is 0 Å². The largest absolute Gasteiger partial charge is 0.465 e. The summed E-state index contributed by atoms with van der Waals surface area (Å²) in [4.78, 5) is 37.0. The molecular formula is C20H27NO5S. The third-order valence-corrected chi connectivity index (χ3v) is 5.94. The fraction of sp³-hybridized carbons (Fsp3) is 0.550. The van der Waals surface area contributed by atoms with Gasteiger partial charge in [-0.2, -0.15) is 0 Å². The van der Waals surface area contributed by atoms with Gasteiger partial charge in [0.2, 0.25) is 5.91 Å². The Morgan fingerprint density at radius 1 is 1.26 bits per heavy atom. The molecule has 1 aliphatic carbocycles. The van der Waals surface area contributed by atoms with Crippen molar-refractivity contribution in [2.75, 3.05) is 19.0 Å². The van der Waals surface area contributed by atoms with Crippen molar-refractivity contribution < 1.29 is 23.9 Å². The average molecular weight is 394 g/mol. The van der Waals surface area contributed by atoms with Gasteiger partial charge < -0.3 is 14.8 Å². The quantitative estimate of drug-likeness (QED) is 0.609. The molecule has 1 N–H and O–H groups in total. The smallest absolute Gasteiger partial charge is 0.341 e. The van der Waals surface area contributed by atoms with Gasteiger partial charge in [-0.3, -0.25) is 4.79 Å². The molecular weight excluding hydrogens is 366 g/mol. The van der Waals surface area contributed by atoms with Crippen molar-refractivity contribution in [2.45, 2.75) is 47.0 Å². The topological polar surface area (TPSA) is 81.7 Å². The van der Waals surface area contributed by atoms with E-state index >= 15 is 0 Å². The molecule has 1 heterocycles. The molecule has 0 saturated carbocycles. The number of thiophene rings is 1. The Morgan fingerprint density at radius 2 is 1.96 bits per heavy atom. The Bertz CT molecular complexity index is 757. The highest BCUT2D eigenvalue weighted by atomic mass is 32.1. The zero-order valence-corrected chi connectivity index (χ0v) is 17.3. The number of carbonyl (C=O) groups excluding carboxylic acids is 3. The second kappa shape index (κ2) is 8.69. The number of amides is 1. The Balaban J connectivity index is 2.26. The number of carbonyl (C=O) groups is 3. The van der Waals surface area contributed by atoms with Crippen LogP contribution < -0.4 is 5.32 Å². The highest BCUT2D eigenvalue weighted by Gasteiger charge is 2.34. The summed E-state index contributed by atoms with van der Waals surface area (Å²) >= 11 is 1.42. The summed E-state index contributed by atoms with van der Waals surface area (Å²) in [6.45, 7) is 8.60. The zero-order valence-electron chi connectivity index (χ0n) is 16.5. The monoisotopic (exact) mass is 393 g/mol. The van der Waals surface area contributed by atoms with E-state index in [1.807, 2.05) is 0 Å². The molecule has 148 valence electrons. The molecule has 1 atom stereocenters. The lowest BCUT2D eigenvalue weighted by Crippen LogP contribution is -2.26. The van der Waals surface area contributed by atoms with Crippen molar-refractivity contribution in [3.63, 3.8) is 0 Å². The number of fused-ring (bicyclic) bond motifs is 1. The highest BCUT2D eigenvalue weighted by Crippen LogP contribution is 2.44. The van der Waals surface area contributed by atoms with Crippen molar-refractivity contribution in [3.05, 3.63) is 28.2 Å². The number of anilines is 1. The maximum Gasteiger partial charge on any atom is 0.341 e. The van der Waals surface area contributed by atoms with Gasteiger partial charge in [-0.25, -0.2) is 9.59 Å². The van der Waals surface area contributed by atoms with Crippen LogP contribution in [0.5, 0.6) is 0 Å². The van der Waals surface area contributed by atoms with Gasteiger partial charge in [-0.15, -0.1) is 11.3 Å². The van der Waals surface area contributed by atoms with Crippen LogP contribution >= 0.6 is 11.3 Å². The molecule has 0 aromatic carbocycles. The summed E-state index contributed by atoms with van der Waals surface area (Å²) < 4.78 is 9.69. The Labute approximate surface area is 163 Å². The van der Waals surface area contributed by atoms with Crippen molar-refractivity contribution in [3.8, 4) is 0 Å². The van der Waals surface area contributed by atoms with E-state index in [-0.39, 0.29) is 12.0 Å². The van der Waals surface area contributed by atoms with Gasteiger partial charge in [-0.1, -0.05) is 20.8 Å². The van der Waals surface area contributed by atoms with Gasteiger partial charge in [0.05, 0.1) is 19.3 Å². The fourth-order valence-corrected chi connectivity index (χ4v) is 4.54. The van der Waals surface area contributed by atoms with E-state index in [0.29, 0.717) is 16.5 Å². The summed E-state index contributed by atoms with van der Waals surface area (Å²) in [6, 6.07) is 0. The molecule has 0 radical (unpaired) electrons. The predicted molar refractivity (Wildman–Crippen MR) is 105 cm³/mol. The minimum atomic E-state index is -0.584. The van der Waals surface area contributed by atoms with Crippen LogP contribution in [0.1, 0.15) is 54.9 Å². The second-order valence-corrected chi connectivity index (χ2v) is 8.69. The van der Waals surface area contributed by atoms with Crippen molar-refractivity contribution in [1.29, 1.82) is 0 Å². The molecule has 1 amide bonds. The molecule has 0 bridgehead atoms. The van der Waals surface area contributed by atoms with E-state index in [9.17, 15) is 14.4 Å². The zero-order chi connectivity index (χ0) is 20.2. The van der Waals surface area contributed by atoms with E-state index in [1.54, 1.807) is 6.92 Å². The van der Waals surface area contributed by atoms with E-state index in [1.165, 1.54) is 18.4 Å². The first-order chi connectivity index (χ1) is 12.7.